The Bertz CT molecular complexity index is 430. The van der Waals surface area contributed by atoms with Crippen LogP contribution in [0.5, 0.6) is 0 Å². The molecule has 1 aromatic carbocycles. The molecule has 1 aromatic rings. The van der Waals surface area contributed by atoms with Gasteiger partial charge in [0.15, 0.2) is 0 Å². The molecule has 2 rings (SSSR count). The second kappa shape index (κ2) is 2.53. The van der Waals surface area contributed by atoms with Crippen LogP contribution in [-0.2, 0) is 4.79 Å². The fourth-order valence-electron chi connectivity index (χ4n) is 1.17. The fourth-order valence-corrected chi connectivity index (χ4v) is 1.43. The van der Waals surface area contributed by atoms with Crippen molar-refractivity contribution in [2.75, 3.05) is 5.32 Å². The molecule has 0 bridgehead atoms. The van der Waals surface area contributed by atoms with Crippen molar-refractivity contribution in [1.29, 1.82) is 0 Å². The van der Waals surface area contributed by atoms with Gasteiger partial charge in [0, 0.05) is 0 Å². The van der Waals surface area contributed by atoms with Gasteiger partial charge < -0.3 is 5.32 Å². The minimum atomic E-state index is -0.775. The monoisotopic (exact) mass is 199 g/mol. The van der Waals surface area contributed by atoms with E-state index in [1.54, 1.807) is 0 Å². The Hall–Kier alpha value is -1.42. The van der Waals surface area contributed by atoms with Crippen molar-refractivity contribution >= 4 is 29.0 Å². The Morgan fingerprint density at radius 1 is 1.31 bits per heavy atom. The van der Waals surface area contributed by atoms with E-state index in [9.17, 15) is 14.0 Å². The molecule has 0 aliphatic carbocycles. The van der Waals surface area contributed by atoms with Gasteiger partial charge in [-0.05, 0) is 12.1 Å². The Labute approximate surface area is 77.5 Å². The SMILES string of the molecule is O=C1Nc2c(Cl)cc(F)cc2C1=O. The van der Waals surface area contributed by atoms with E-state index >= 15 is 0 Å². The van der Waals surface area contributed by atoms with E-state index in [2.05, 4.69) is 5.32 Å². The van der Waals surface area contributed by atoms with Crippen LogP contribution >= 0.6 is 11.6 Å². The summed E-state index contributed by atoms with van der Waals surface area (Å²) in [6, 6.07) is 2.03. The average Bonchev–Trinajstić information content (AvgIpc) is 2.32. The predicted octanol–water partition coefficient (Wildman–Crippen LogP) is 1.61. The molecule has 66 valence electrons. The van der Waals surface area contributed by atoms with Crippen molar-refractivity contribution in [2.45, 2.75) is 0 Å². The van der Waals surface area contributed by atoms with Crippen LogP contribution in [0, 0.1) is 5.82 Å². The molecule has 0 radical (unpaired) electrons. The number of carbonyl (C=O) groups excluding carboxylic acids is 2. The lowest BCUT2D eigenvalue weighted by atomic mass is 10.1. The molecule has 0 fully saturated rings. The molecule has 3 nitrogen and oxygen atoms in total. The number of benzene rings is 1. The van der Waals surface area contributed by atoms with Gasteiger partial charge in [0.1, 0.15) is 5.82 Å². The molecule has 1 amide bonds. The summed E-state index contributed by atoms with van der Waals surface area (Å²) in [6.45, 7) is 0. The number of carbonyl (C=O) groups is 2. The lowest BCUT2D eigenvalue weighted by Crippen LogP contribution is -2.12. The predicted molar refractivity (Wildman–Crippen MR) is 44.4 cm³/mol. The largest absolute Gasteiger partial charge is 0.317 e. The molecule has 1 aliphatic rings. The van der Waals surface area contributed by atoms with Crippen molar-refractivity contribution in [3.8, 4) is 0 Å². The normalized spacial score (nSPS) is 14.3. The number of amides is 1. The zero-order valence-electron chi connectivity index (χ0n) is 6.23. The van der Waals surface area contributed by atoms with Gasteiger partial charge in [-0.2, -0.15) is 0 Å². The van der Waals surface area contributed by atoms with Gasteiger partial charge in [0.2, 0.25) is 0 Å². The summed E-state index contributed by atoms with van der Waals surface area (Å²) >= 11 is 5.60. The molecule has 0 atom stereocenters. The maximum atomic E-state index is 12.7. The third-order valence-corrected chi connectivity index (χ3v) is 2.04. The highest BCUT2D eigenvalue weighted by Crippen LogP contribution is 2.31. The minimum Gasteiger partial charge on any atom is -0.317 e. The number of hydrogen-bond acceptors (Lipinski definition) is 2. The first-order valence-corrected chi connectivity index (χ1v) is 3.82. The summed E-state index contributed by atoms with van der Waals surface area (Å²) in [5.74, 6) is -2.16. The molecule has 13 heavy (non-hydrogen) atoms. The van der Waals surface area contributed by atoms with Gasteiger partial charge in [0.05, 0.1) is 16.3 Å². The number of anilines is 1. The smallest absolute Gasteiger partial charge is 0.296 e. The maximum absolute atomic E-state index is 12.7. The van der Waals surface area contributed by atoms with E-state index in [0.717, 1.165) is 12.1 Å². The Morgan fingerprint density at radius 2 is 2.00 bits per heavy atom. The molecular weight excluding hydrogens is 197 g/mol. The van der Waals surface area contributed by atoms with Crippen molar-refractivity contribution in [2.24, 2.45) is 0 Å². The van der Waals surface area contributed by atoms with E-state index in [-0.39, 0.29) is 16.3 Å². The van der Waals surface area contributed by atoms with Gasteiger partial charge in [-0.3, -0.25) is 9.59 Å². The van der Waals surface area contributed by atoms with Gasteiger partial charge in [-0.1, -0.05) is 11.6 Å². The Kier molecular flexibility index (Phi) is 1.60. The van der Waals surface area contributed by atoms with E-state index in [1.807, 2.05) is 0 Å². The van der Waals surface area contributed by atoms with Crippen molar-refractivity contribution in [3.63, 3.8) is 0 Å². The number of ketones is 1. The quantitative estimate of drug-likeness (QED) is 0.646. The highest BCUT2D eigenvalue weighted by Gasteiger charge is 2.30. The van der Waals surface area contributed by atoms with Crippen LogP contribution < -0.4 is 5.32 Å². The first-order valence-electron chi connectivity index (χ1n) is 3.44. The van der Waals surface area contributed by atoms with Crippen LogP contribution in [0.25, 0.3) is 0 Å². The molecule has 0 unspecified atom stereocenters. The summed E-state index contributed by atoms with van der Waals surface area (Å²) in [5, 5.41) is 2.29. The molecule has 0 aromatic heterocycles. The lowest BCUT2D eigenvalue weighted by molar-refractivity contribution is -0.112. The molecular formula is C8H3ClFNO2. The standard InChI is InChI=1S/C8H3ClFNO2/c9-5-2-3(10)1-4-6(5)11-8(13)7(4)12/h1-2H,(H,11,12,13). The van der Waals surface area contributed by atoms with Crippen LogP contribution in [0.2, 0.25) is 5.02 Å². The summed E-state index contributed by atoms with van der Waals surface area (Å²) in [4.78, 5) is 21.9. The van der Waals surface area contributed by atoms with Gasteiger partial charge in [0.25, 0.3) is 11.7 Å². The molecule has 0 saturated carbocycles. The number of Topliss-reactive ketones (excluding diaryl/α,β-unsaturated/α-hetero) is 1. The number of nitrogens with one attached hydrogen (secondary N) is 1. The van der Waals surface area contributed by atoms with Gasteiger partial charge in [-0.25, -0.2) is 4.39 Å². The number of rotatable bonds is 0. The minimum absolute atomic E-state index is 0.00463. The van der Waals surface area contributed by atoms with E-state index in [4.69, 9.17) is 11.6 Å². The zero-order valence-corrected chi connectivity index (χ0v) is 6.98. The highest BCUT2D eigenvalue weighted by molar-refractivity contribution is 6.53. The second-order valence-corrected chi connectivity index (χ2v) is 3.00. The number of halogens is 2. The third kappa shape index (κ3) is 1.10. The summed E-state index contributed by atoms with van der Waals surface area (Å²) < 4.78 is 12.7. The van der Waals surface area contributed by atoms with Crippen LogP contribution in [-0.4, -0.2) is 11.7 Å². The van der Waals surface area contributed by atoms with Crippen molar-refractivity contribution in [1.82, 2.24) is 0 Å². The first kappa shape index (κ1) is 8.19. The topological polar surface area (TPSA) is 46.2 Å². The molecule has 0 saturated heterocycles. The van der Waals surface area contributed by atoms with E-state index < -0.39 is 17.5 Å². The highest BCUT2D eigenvalue weighted by atomic mass is 35.5. The van der Waals surface area contributed by atoms with Gasteiger partial charge >= 0.3 is 0 Å². The lowest BCUT2D eigenvalue weighted by Gasteiger charge is -1.99. The van der Waals surface area contributed by atoms with Crippen molar-refractivity contribution in [3.05, 3.63) is 28.5 Å². The number of hydrogen-bond donors (Lipinski definition) is 1. The third-order valence-electron chi connectivity index (χ3n) is 1.74. The molecule has 0 spiro atoms. The van der Waals surface area contributed by atoms with Crippen LogP contribution in [0.15, 0.2) is 12.1 Å². The Balaban J connectivity index is 2.70. The molecule has 1 heterocycles. The average molecular weight is 200 g/mol. The fraction of sp³-hybridized carbons (Fsp3) is 0. The van der Waals surface area contributed by atoms with E-state index in [1.165, 1.54) is 0 Å². The van der Waals surface area contributed by atoms with E-state index in [0.29, 0.717) is 0 Å². The molecule has 5 heteroatoms. The summed E-state index contributed by atoms with van der Waals surface area (Å²) in [5.41, 5.74) is 0.188. The van der Waals surface area contributed by atoms with Crippen LogP contribution in [0.4, 0.5) is 10.1 Å². The Morgan fingerprint density at radius 3 is 2.69 bits per heavy atom. The summed E-state index contributed by atoms with van der Waals surface area (Å²) in [7, 11) is 0. The first-order chi connectivity index (χ1) is 6.09. The maximum Gasteiger partial charge on any atom is 0.296 e. The van der Waals surface area contributed by atoms with Crippen LogP contribution in [0.3, 0.4) is 0 Å². The molecule has 1 aliphatic heterocycles. The zero-order chi connectivity index (χ0) is 9.59. The second-order valence-electron chi connectivity index (χ2n) is 2.59. The van der Waals surface area contributed by atoms with Gasteiger partial charge in [-0.15, -0.1) is 0 Å². The van der Waals surface area contributed by atoms with Crippen molar-refractivity contribution < 1.29 is 14.0 Å². The number of fused-ring (bicyclic) bond motifs is 1. The molecule has 1 N–H and O–H groups in total. The summed E-state index contributed by atoms with van der Waals surface area (Å²) in [6.07, 6.45) is 0. The van der Waals surface area contributed by atoms with Crippen LogP contribution in [0.1, 0.15) is 10.4 Å².